The summed E-state index contributed by atoms with van der Waals surface area (Å²) in [6, 6.07) is 13.4. The zero-order chi connectivity index (χ0) is 17.2. The molecule has 0 aliphatic rings. The van der Waals surface area contributed by atoms with Crippen LogP contribution >= 0.6 is 0 Å². The molecule has 8 heteroatoms. The smallest absolute Gasteiger partial charge is 0.232 e. The van der Waals surface area contributed by atoms with Crippen molar-refractivity contribution >= 4 is 15.7 Å². The summed E-state index contributed by atoms with van der Waals surface area (Å²) in [5.41, 5.74) is 1.19. The van der Waals surface area contributed by atoms with E-state index in [9.17, 15) is 8.42 Å². The van der Waals surface area contributed by atoms with Crippen LogP contribution in [0.4, 0.5) is 5.69 Å². The topological polar surface area (TPSA) is 100 Å². The van der Waals surface area contributed by atoms with Gasteiger partial charge in [-0.25, -0.2) is 8.42 Å². The third-order valence-corrected chi connectivity index (χ3v) is 4.43. The van der Waals surface area contributed by atoms with Crippen LogP contribution in [0.5, 0.6) is 0 Å². The highest BCUT2D eigenvalue weighted by Gasteiger charge is 2.21. The van der Waals surface area contributed by atoms with Gasteiger partial charge in [-0.2, -0.15) is 5.26 Å². The molecule has 7 nitrogen and oxygen atoms in total. The average molecular weight is 343 g/mol. The van der Waals surface area contributed by atoms with Gasteiger partial charge in [0.15, 0.2) is 5.76 Å². The quantitative estimate of drug-likeness (QED) is 0.706. The van der Waals surface area contributed by atoms with Gasteiger partial charge < -0.3 is 8.94 Å². The lowest BCUT2D eigenvalue weighted by Gasteiger charge is -2.21. The fourth-order valence-electron chi connectivity index (χ4n) is 2.20. The van der Waals surface area contributed by atoms with Crippen LogP contribution in [0, 0.1) is 11.3 Å². The van der Waals surface area contributed by atoms with Gasteiger partial charge in [-0.15, -0.1) is 0 Å². The van der Waals surface area contributed by atoms with Gasteiger partial charge in [-0.05, 0) is 30.3 Å². The highest BCUT2D eigenvalue weighted by atomic mass is 32.2. The highest BCUT2D eigenvalue weighted by Crippen LogP contribution is 2.24. The molecule has 2 aromatic heterocycles. The number of hydrogen-bond donors (Lipinski definition) is 0. The van der Waals surface area contributed by atoms with Gasteiger partial charge in [0.25, 0.3) is 0 Å². The second-order valence-electron chi connectivity index (χ2n) is 5.09. The van der Waals surface area contributed by atoms with Gasteiger partial charge in [-0.3, -0.25) is 4.31 Å². The van der Waals surface area contributed by atoms with E-state index in [2.05, 4.69) is 5.16 Å². The summed E-state index contributed by atoms with van der Waals surface area (Å²) in [5, 5.41) is 12.9. The van der Waals surface area contributed by atoms with Crippen molar-refractivity contribution in [3.8, 4) is 17.6 Å². The SMILES string of the molecule is CS(=O)(=O)N(Cc1cc(-c2ccco2)on1)c1cccc(C#N)c1. The maximum atomic E-state index is 12.1. The van der Waals surface area contributed by atoms with Gasteiger partial charge in [-0.1, -0.05) is 11.2 Å². The Balaban J connectivity index is 1.92. The Morgan fingerprint density at radius 1 is 1.21 bits per heavy atom. The summed E-state index contributed by atoms with van der Waals surface area (Å²) >= 11 is 0. The third-order valence-electron chi connectivity index (χ3n) is 3.29. The zero-order valence-corrected chi connectivity index (χ0v) is 13.5. The van der Waals surface area contributed by atoms with Crippen LogP contribution in [0.25, 0.3) is 11.5 Å². The molecule has 24 heavy (non-hydrogen) atoms. The Morgan fingerprint density at radius 2 is 2.04 bits per heavy atom. The van der Waals surface area contributed by atoms with Crippen LogP contribution in [-0.2, 0) is 16.6 Å². The molecule has 0 aliphatic carbocycles. The van der Waals surface area contributed by atoms with E-state index in [0.717, 1.165) is 10.6 Å². The maximum absolute atomic E-state index is 12.1. The average Bonchev–Trinajstić information content (AvgIpc) is 3.22. The summed E-state index contributed by atoms with van der Waals surface area (Å²) < 4.78 is 35.8. The van der Waals surface area contributed by atoms with Crippen molar-refractivity contribution in [2.75, 3.05) is 10.6 Å². The summed E-state index contributed by atoms with van der Waals surface area (Å²) in [7, 11) is -3.57. The molecule has 122 valence electrons. The number of anilines is 1. The first kappa shape index (κ1) is 15.8. The molecular formula is C16H13N3O4S. The Labute approximate surface area is 138 Å². The number of hydrogen-bond acceptors (Lipinski definition) is 6. The van der Waals surface area contributed by atoms with E-state index in [1.54, 1.807) is 36.4 Å². The van der Waals surface area contributed by atoms with E-state index in [1.165, 1.54) is 12.3 Å². The molecule has 0 fully saturated rings. The summed E-state index contributed by atoms with van der Waals surface area (Å²) in [6.45, 7) is -0.0159. The van der Waals surface area contributed by atoms with Crippen LogP contribution in [0.3, 0.4) is 0 Å². The molecule has 2 heterocycles. The number of aromatic nitrogens is 1. The lowest BCUT2D eigenvalue weighted by molar-refractivity contribution is 0.411. The first-order chi connectivity index (χ1) is 11.5. The molecule has 0 aliphatic heterocycles. The van der Waals surface area contributed by atoms with Crippen molar-refractivity contribution in [1.29, 1.82) is 5.26 Å². The molecule has 0 unspecified atom stereocenters. The monoisotopic (exact) mass is 343 g/mol. The van der Waals surface area contributed by atoms with Crippen molar-refractivity contribution in [1.82, 2.24) is 5.16 Å². The maximum Gasteiger partial charge on any atom is 0.232 e. The van der Waals surface area contributed by atoms with Gasteiger partial charge in [0.05, 0.1) is 36.4 Å². The molecular weight excluding hydrogens is 330 g/mol. The number of rotatable bonds is 5. The molecule has 3 rings (SSSR count). The fraction of sp³-hybridized carbons (Fsp3) is 0.125. The molecule has 3 aromatic rings. The first-order valence-electron chi connectivity index (χ1n) is 6.95. The Bertz CT molecular complexity index is 985. The second-order valence-corrected chi connectivity index (χ2v) is 7.00. The lowest BCUT2D eigenvalue weighted by atomic mass is 10.2. The Kier molecular flexibility index (Phi) is 4.10. The van der Waals surface area contributed by atoms with Gasteiger partial charge in [0.1, 0.15) is 5.69 Å². The van der Waals surface area contributed by atoms with Crippen molar-refractivity contribution in [3.05, 3.63) is 60.0 Å². The van der Waals surface area contributed by atoms with E-state index < -0.39 is 10.0 Å². The molecule has 0 spiro atoms. The summed E-state index contributed by atoms with van der Waals surface area (Å²) in [6.07, 6.45) is 2.60. The Morgan fingerprint density at radius 3 is 2.71 bits per heavy atom. The van der Waals surface area contributed by atoms with Crippen LogP contribution in [0.15, 0.2) is 57.7 Å². The van der Waals surface area contributed by atoms with Crippen molar-refractivity contribution in [2.45, 2.75) is 6.54 Å². The van der Waals surface area contributed by atoms with Crippen molar-refractivity contribution in [3.63, 3.8) is 0 Å². The van der Waals surface area contributed by atoms with E-state index >= 15 is 0 Å². The van der Waals surface area contributed by atoms with Crippen LogP contribution in [0.2, 0.25) is 0 Å². The van der Waals surface area contributed by atoms with Gasteiger partial charge in [0, 0.05) is 6.07 Å². The minimum Gasteiger partial charge on any atom is -0.461 e. The summed E-state index contributed by atoms with van der Waals surface area (Å²) in [4.78, 5) is 0. The van der Waals surface area contributed by atoms with E-state index in [0.29, 0.717) is 28.5 Å². The van der Waals surface area contributed by atoms with E-state index in [4.69, 9.17) is 14.2 Å². The predicted octanol–water partition coefficient (Wildman–Crippen LogP) is 2.77. The molecule has 1 aromatic carbocycles. The number of sulfonamides is 1. The van der Waals surface area contributed by atoms with E-state index in [-0.39, 0.29) is 6.54 Å². The molecule has 0 radical (unpaired) electrons. The Hall–Kier alpha value is -3.05. The summed E-state index contributed by atoms with van der Waals surface area (Å²) in [5.74, 6) is 0.917. The molecule has 0 bridgehead atoms. The third kappa shape index (κ3) is 3.31. The minimum atomic E-state index is -3.57. The number of benzene rings is 1. The molecule has 0 amide bonds. The van der Waals surface area contributed by atoms with Crippen LogP contribution < -0.4 is 4.31 Å². The largest absolute Gasteiger partial charge is 0.461 e. The molecule has 0 N–H and O–H groups in total. The molecule has 0 saturated heterocycles. The van der Waals surface area contributed by atoms with Crippen molar-refractivity contribution < 1.29 is 17.4 Å². The van der Waals surface area contributed by atoms with Gasteiger partial charge in [0.2, 0.25) is 15.8 Å². The zero-order valence-electron chi connectivity index (χ0n) is 12.7. The van der Waals surface area contributed by atoms with Crippen LogP contribution in [0.1, 0.15) is 11.3 Å². The lowest BCUT2D eigenvalue weighted by Crippen LogP contribution is -2.29. The van der Waals surface area contributed by atoms with Crippen LogP contribution in [-0.4, -0.2) is 19.8 Å². The number of nitriles is 1. The molecule has 0 atom stereocenters. The molecule has 0 saturated carbocycles. The normalized spacial score (nSPS) is 11.2. The highest BCUT2D eigenvalue weighted by molar-refractivity contribution is 7.92. The first-order valence-corrected chi connectivity index (χ1v) is 8.79. The predicted molar refractivity (Wildman–Crippen MR) is 86.4 cm³/mol. The van der Waals surface area contributed by atoms with E-state index in [1.807, 2.05) is 6.07 Å². The second kappa shape index (κ2) is 6.22. The van der Waals surface area contributed by atoms with Crippen molar-refractivity contribution in [2.24, 2.45) is 0 Å². The number of nitrogens with zero attached hydrogens (tertiary/aromatic N) is 3. The minimum absolute atomic E-state index is 0.0159. The number of furan rings is 1. The standard InChI is InChI=1S/C16H13N3O4S/c1-24(20,21)19(14-5-2-4-12(8-14)10-17)11-13-9-16(23-18-13)15-6-3-7-22-15/h2-9H,11H2,1H3. The van der Waals surface area contributed by atoms with Gasteiger partial charge >= 0.3 is 0 Å². The fourth-order valence-corrected chi connectivity index (χ4v) is 3.06.